The minimum absolute atomic E-state index is 0.0346. The monoisotopic (exact) mass is 307 g/mol. The van der Waals surface area contributed by atoms with Gasteiger partial charge in [0, 0.05) is 17.6 Å². The molecule has 114 valence electrons. The number of amides is 1. The van der Waals surface area contributed by atoms with E-state index in [2.05, 4.69) is 0 Å². The fraction of sp³-hybridized carbons (Fsp3) is 0.471. The number of benzene rings is 1. The SMILES string of the molecule is Cc1ccc(/C=C/C(=O)N2CCCCCC2CO)cc1Cl. The minimum Gasteiger partial charge on any atom is -0.394 e. The second-order valence-corrected chi connectivity index (χ2v) is 5.97. The van der Waals surface area contributed by atoms with Crippen LogP contribution in [0.2, 0.25) is 5.02 Å². The van der Waals surface area contributed by atoms with Crippen molar-refractivity contribution in [2.45, 2.75) is 38.6 Å². The third-order valence-electron chi connectivity index (χ3n) is 3.99. The molecule has 1 amide bonds. The van der Waals surface area contributed by atoms with Crippen LogP contribution in [-0.4, -0.2) is 35.1 Å². The first kappa shape index (κ1) is 16.1. The molecule has 1 saturated heterocycles. The maximum atomic E-state index is 12.3. The van der Waals surface area contributed by atoms with Crippen LogP contribution >= 0.6 is 11.6 Å². The molecule has 1 fully saturated rings. The van der Waals surface area contributed by atoms with Crippen LogP contribution < -0.4 is 0 Å². The quantitative estimate of drug-likeness (QED) is 0.869. The van der Waals surface area contributed by atoms with E-state index in [0.717, 1.165) is 43.4 Å². The normalized spacial score (nSPS) is 19.8. The lowest BCUT2D eigenvalue weighted by Crippen LogP contribution is -2.41. The number of halogens is 1. The third-order valence-corrected chi connectivity index (χ3v) is 4.39. The molecule has 1 heterocycles. The molecule has 1 unspecified atom stereocenters. The second kappa shape index (κ2) is 7.62. The Morgan fingerprint density at radius 3 is 2.95 bits per heavy atom. The van der Waals surface area contributed by atoms with Crippen molar-refractivity contribution < 1.29 is 9.90 Å². The average Bonchev–Trinajstić information content (AvgIpc) is 2.73. The highest BCUT2D eigenvalue weighted by atomic mass is 35.5. The first-order chi connectivity index (χ1) is 10.1. The summed E-state index contributed by atoms with van der Waals surface area (Å²) in [6.45, 7) is 2.71. The summed E-state index contributed by atoms with van der Waals surface area (Å²) in [5, 5.41) is 10.2. The van der Waals surface area contributed by atoms with E-state index < -0.39 is 0 Å². The van der Waals surface area contributed by atoms with E-state index in [1.807, 2.05) is 25.1 Å². The van der Waals surface area contributed by atoms with Crippen molar-refractivity contribution in [1.82, 2.24) is 4.90 Å². The van der Waals surface area contributed by atoms with Crippen molar-refractivity contribution in [2.75, 3.05) is 13.2 Å². The van der Waals surface area contributed by atoms with Crippen LogP contribution in [0.3, 0.4) is 0 Å². The molecule has 0 spiro atoms. The Bertz CT molecular complexity index is 528. The van der Waals surface area contributed by atoms with Crippen LogP contribution in [0, 0.1) is 6.92 Å². The summed E-state index contributed by atoms with van der Waals surface area (Å²) < 4.78 is 0. The lowest BCUT2D eigenvalue weighted by Gasteiger charge is -2.27. The summed E-state index contributed by atoms with van der Waals surface area (Å²) in [5.74, 6) is -0.0346. The van der Waals surface area contributed by atoms with Gasteiger partial charge < -0.3 is 10.0 Å². The molecule has 1 aromatic carbocycles. The number of hydrogen-bond acceptors (Lipinski definition) is 2. The standard InChI is InChI=1S/C17H22ClNO2/c1-13-6-7-14(11-16(13)18)8-9-17(21)19-10-4-2-3-5-15(19)12-20/h6-9,11,15,20H,2-5,10,12H2,1H3/b9-8+. The third kappa shape index (κ3) is 4.32. The van der Waals surface area contributed by atoms with Gasteiger partial charge in [0.15, 0.2) is 0 Å². The molecular weight excluding hydrogens is 286 g/mol. The molecule has 1 aliphatic heterocycles. The summed E-state index contributed by atoms with van der Waals surface area (Å²) >= 11 is 6.08. The molecule has 1 N–H and O–H groups in total. The first-order valence-electron chi connectivity index (χ1n) is 7.47. The largest absolute Gasteiger partial charge is 0.394 e. The van der Waals surface area contributed by atoms with Gasteiger partial charge in [-0.25, -0.2) is 0 Å². The molecule has 21 heavy (non-hydrogen) atoms. The van der Waals surface area contributed by atoms with Gasteiger partial charge in [0.25, 0.3) is 0 Å². The molecule has 1 aromatic rings. The van der Waals surface area contributed by atoms with Gasteiger partial charge in [0.1, 0.15) is 0 Å². The van der Waals surface area contributed by atoms with Gasteiger partial charge in [-0.3, -0.25) is 4.79 Å². The zero-order valence-corrected chi connectivity index (χ0v) is 13.1. The fourth-order valence-corrected chi connectivity index (χ4v) is 2.82. The lowest BCUT2D eigenvalue weighted by atomic mass is 10.1. The van der Waals surface area contributed by atoms with E-state index in [-0.39, 0.29) is 18.6 Å². The second-order valence-electron chi connectivity index (χ2n) is 5.56. The Hall–Kier alpha value is -1.32. The maximum absolute atomic E-state index is 12.3. The van der Waals surface area contributed by atoms with Gasteiger partial charge in [0.05, 0.1) is 12.6 Å². The fourth-order valence-electron chi connectivity index (χ4n) is 2.63. The highest BCUT2D eigenvalue weighted by Crippen LogP contribution is 2.19. The Kier molecular flexibility index (Phi) is 5.83. The molecule has 0 aromatic heterocycles. The Balaban J connectivity index is 2.07. The van der Waals surface area contributed by atoms with E-state index in [4.69, 9.17) is 11.6 Å². The number of carbonyl (C=O) groups excluding carboxylic acids is 1. The highest BCUT2D eigenvalue weighted by molar-refractivity contribution is 6.31. The molecule has 0 aliphatic carbocycles. The number of aliphatic hydroxyl groups is 1. The van der Waals surface area contributed by atoms with E-state index in [9.17, 15) is 9.90 Å². The lowest BCUT2D eigenvalue weighted by molar-refractivity contribution is -0.129. The van der Waals surface area contributed by atoms with Crippen molar-refractivity contribution in [3.05, 3.63) is 40.4 Å². The number of rotatable bonds is 3. The predicted molar refractivity (Wildman–Crippen MR) is 86.3 cm³/mol. The summed E-state index contributed by atoms with van der Waals surface area (Å²) in [7, 11) is 0. The smallest absolute Gasteiger partial charge is 0.246 e. The summed E-state index contributed by atoms with van der Waals surface area (Å²) in [4.78, 5) is 14.1. The van der Waals surface area contributed by atoms with Crippen LogP contribution in [0.5, 0.6) is 0 Å². The van der Waals surface area contributed by atoms with E-state index in [1.165, 1.54) is 0 Å². The topological polar surface area (TPSA) is 40.5 Å². The number of likely N-dealkylation sites (tertiary alicyclic amines) is 1. The van der Waals surface area contributed by atoms with Crippen LogP contribution in [-0.2, 0) is 4.79 Å². The van der Waals surface area contributed by atoms with Crippen molar-refractivity contribution >= 4 is 23.6 Å². The van der Waals surface area contributed by atoms with Crippen molar-refractivity contribution in [1.29, 1.82) is 0 Å². The number of aliphatic hydroxyl groups excluding tert-OH is 1. The predicted octanol–water partition coefficient (Wildman–Crippen LogP) is 3.43. The van der Waals surface area contributed by atoms with E-state index in [0.29, 0.717) is 5.02 Å². The molecule has 1 aliphatic rings. The molecule has 2 rings (SSSR count). The van der Waals surface area contributed by atoms with Crippen LogP contribution in [0.25, 0.3) is 6.08 Å². The average molecular weight is 308 g/mol. The van der Waals surface area contributed by atoms with Gasteiger partial charge in [-0.05, 0) is 43.0 Å². The maximum Gasteiger partial charge on any atom is 0.246 e. The van der Waals surface area contributed by atoms with Gasteiger partial charge in [-0.2, -0.15) is 0 Å². The Morgan fingerprint density at radius 2 is 2.24 bits per heavy atom. The van der Waals surface area contributed by atoms with Crippen LogP contribution in [0.15, 0.2) is 24.3 Å². The molecular formula is C17H22ClNO2. The van der Waals surface area contributed by atoms with Crippen molar-refractivity contribution in [2.24, 2.45) is 0 Å². The van der Waals surface area contributed by atoms with E-state index >= 15 is 0 Å². The number of aryl methyl sites for hydroxylation is 1. The zero-order valence-electron chi connectivity index (χ0n) is 12.4. The van der Waals surface area contributed by atoms with Crippen LogP contribution in [0.4, 0.5) is 0 Å². The van der Waals surface area contributed by atoms with E-state index in [1.54, 1.807) is 17.1 Å². The first-order valence-corrected chi connectivity index (χ1v) is 7.85. The van der Waals surface area contributed by atoms with Crippen molar-refractivity contribution in [3.63, 3.8) is 0 Å². The van der Waals surface area contributed by atoms with Gasteiger partial charge in [0.2, 0.25) is 5.91 Å². The highest BCUT2D eigenvalue weighted by Gasteiger charge is 2.23. The molecule has 0 radical (unpaired) electrons. The summed E-state index contributed by atoms with van der Waals surface area (Å²) in [6.07, 6.45) is 7.45. The molecule has 4 heteroatoms. The molecule has 0 bridgehead atoms. The van der Waals surface area contributed by atoms with Crippen LogP contribution in [0.1, 0.15) is 36.8 Å². The van der Waals surface area contributed by atoms with Crippen molar-refractivity contribution in [3.8, 4) is 0 Å². The molecule has 0 saturated carbocycles. The number of carbonyl (C=O) groups is 1. The molecule has 1 atom stereocenters. The number of nitrogens with zero attached hydrogens (tertiary/aromatic N) is 1. The van der Waals surface area contributed by atoms with Gasteiger partial charge in [-0.15, -0.1) is 0 Å². The number of hydrogen-bond donors (Lipinski definition) is 1. The minimum atomic E-state index is -0.0498. The zero-order chi connectivity index (χ0) is 15.2. The van der Waals surface area contributed by atoms with Gasteiger partial charge >= 0.3 is 0 Å². The Labute approximate surface area is 131 Å². The van der Waals surface area contributed by atoms with Gasteiger partial charge in [-0.1, -0.05) is 36.6 Å². The summed E-state index contributed by atoms with van der Waals surface area (Å²) in [6, 6.07) is 5.68. The summed E-state index contributed by atoms with van der Waals surface area (Å²) in [5.41, 5.74) is 1.93. The molecule has 3 nitrogen and oxygen atoms in total. The Morgan fingerprint density at radius 1 is 1.43 bits per heavy atom.